The number of carbonyl (C=O) groups is 2. The van der Waals surface area contributed by atoms with Crippen molar-refractivity contribution in [2.45, 2.75) is 13.5 Å². The monoisotopic (exact) mass is 384 g/mol. The SMILES string of the molecule is Cc1ccc(-c2cc(NC(=O)COC(=O)Cn3ccc(=O)[nH]c3=O)on2)cc1. The van der Waals surface area contributed by atoms with E-state index in [1.165, 1.54) is 0 Å². The summed E-state index contributed by atoms with van der Waals surface area (Å²) in [5.74, 6) is -1.34. The average Bonchev–Trinajstić information content (AvgIpc) is 3.11. The number of anilines is 1. The molecule has 0 aliphatic carbocycles. The third-order valence-electron chi connectivity index (χ3n) is 3.68. The van der Waals surface area contributed by atoms with Gasteiger partial charge in [0.05, 0.1) is 0 Å². The number of aromatic nitrogens is 3. The number of carbonyl (C=O) groups excluding carboxylic acids is 2. The molecule has 0 atom stereocenters. The summed E-state index contributed by atoms with van der Waals surface area (Å²) >= 11 is 0. The first-order chi connectivity index (χ1) is 13.4. The van der Waals surface area contributed by atoms with E-state index in [-0.39, 0.29) is 5.88 Å². The number of nitrogens with one attached hydrogen (secondary N) is 2. The van der Waals surface area contributed by atoms with E-state index in [2.05, 4.69) is 10.5 Å². The molecule has 10 nitrogen and oxygen atoms in total. The Morgan fingerprint density at radius 2 is 1.96 bits per heavy atom. The first-order valence-electron chi connectivity index (χ1n) is 8.20. The second kappa shape index (κ2) is 8.16. The van der Waals surface area contributed by atoms with Crippen LogP contribution in [-0.4, -0.2) is 33.2 Å². The van der Waals surface area contributed by atoms with Crippen molar-refractivity contribution < 1.29 is 18.8 Å². The maximum absolute atomic E-state index is 11.9. The Morgan fingerprint density at radius 1 is 1.21 bits per heavy atom. The van der Waals surface area contributed by atoms with Crippen LogP contribution in [0.3, 0.4) is 0 Å². The number of nitrogens with zero attached hydrogens (tertiary/aromatic N) is 2. The third kappa shape index (κ3) is 4.81. The van der Waals surface area contributed by atoms with Crippen LogP contribution in [0.5, 0.6) is 0 Å². The van der Waals surface area contributed by atoms with Gasteiger partial charge in [-0.2, -0.15) is 0 Å². The topological polar surface area (TPSA) is 136 Å². The number of aromatic amines is 1. The van der Waals surface area contributed by atoms with Gasteiger partial charge in [0.15, 0.2) is 6.61 Å². The standard InChI is InChI=1S/C18H16N4O6/c1-11-2-4-12(5-3-11)13-8-16(28-21-13)19-15(24)10-27-17(25)9-22-7-6-14(23)20-18(22)26/h2-8H,9-10H2,1H3,(H,19,24)(H,20,23,26). The number of ether oxygens (including phenoxy) is 1. The van der Waals surface area contributed by atoms with Gasteiger partial charge in [-0.1, -0.05) is 35.0 Å². The predicted octanol–water partition coefficient (Wildman–Crippen LogP) is 0.682. The van der Waals surface area contributed by atoms with Crippen LogP contribution >= 0.6 is 0 Å². The molecular weight excluding hydrogens is 368 g/mol. The molecule has 0 radical (unpaired) electrons. The highest BCUT2D eigenvalue weighted by molar-refractivity contribution is 5.92. The molecule has 0 spiro atoms. The predicted molar refractivity (Wildman–Crippen MR) is 97.6 cm³/mol. The number of benzene rings is 1. The summed E-state index contributed by atoms with van der Waals surface area (Å²) in [6, 6.07) is 10.2. The van der Waals surface area contributed by atoms with Gasteiger partial charge < -0.3 is 9.26 Å². The number of hydrogen-bond donors (Lipinski definition) is 2. The lowest BCUT2D eigenvalue weighted by Gasteiger charge is -2.05. The van der Waals surface area contributed by atoms with E-state index in [0.29, 0.717) is 5.69 Å². The second-order valence-corrected chi connectivity index (χ2v) is 5.89. The average molecular weight is 384 g/mol. The minimum absolute atomic E-state index is 0.105. The van der Waals surface area contributed by atoms with Gasteiger partial charge in [0, 0.05) is 23.9 Å². The molecule has 0 aliphatic rings. The molecular formula is C18H16N4O6. The first-order valence-corrected chi connectivity index (χ1v) is 8.20. The van der Waals surface area contributed by atoms with Crippen LogP contribution in [0.15, 0.2) is 56.7 Å². The summed E-state index contributed by atoms with van der Waals surface area (Å²) < 4.78 is 10.8. The van der Waals surface area contributed by atoms with E-state index < -0.39 is 36.3 Å². The van der Waals surface area contributed by atoms with E-state index in [1.807, 2.05) is 36.2 Å². The van der Waals surface area contributed by atoms with E-state index in [4.69, 9.17) is 9.26 Å². The van der Waals surface area contributed by atoms with Crippen molar-refractivity contribution >= 4 is 17.8 Å². The van der Waals surface area contributed by atoms with Gasteiger partial charge in [-0.15, -0.1) is 0 Å². The normalized spacial score (nSPS) is 10.5. The highest BCUT2D eigenvalue weighted by Gasteiger charge is 2.13. The fraction of sp³-hybridized carbons (Fsp3) is 0.167. The van der Waals surface area contributed by atoms with Crippen LogP contribution in [0.1, 0.15) is 5.56 Å². The van der Waals surface area contributed by atoms with Crippen LogP contribution < -0.4 is 16.6 Å². The third-order valence-corrected chi connectivity index (χ3v) is 3.68. The van der Waals surface area contributed by atoms with Gasteiger partial charge in [-0.25, -0.2) is 4.79 Å². The molecule has 0 saturated heterocycles. The molecule has 0 fully saturated rings. The Kier molecular flexibility index (Phi) is 5.49. The molecule has 2 heterocycles. The molecule has 2 aromatic heterocycles. The fourth-order valence-electron chi connectivity index (χ4n) is 2.27. The van der Waals surface area contributed by atoms with E-state index in [0.717, 1.165) is 28.0 Å². The van der Waals surface area contributed by atoms with Gasteiger partial charge >= 0.3 is 11.7 Å². The van der Waals surface area contributed by atoms with Crippen molar-refractivity contribution in [3.05, 3.63) is 69.0 Å². The van der Waals surface area contributed by atoms with E-state index in [9.17, 15) is 19.2 Å². The Hall–Kier alpha value is -3.95. The van der Waals surface area contributed by atoms with Gasteiger partial charge in [-0.05, 0) is 6.92 Å². The Morgan fingerprint density at radius 3 is 2.68 bits per heavy atom. The molecule has 0 saturated carbocycles. The van der Waals surface area contributed by atoms with Crippen molar-refractivity contribution in [3.63, 3.8) is 0 Å². The number of aryl methyl sites for hydroxylation is 1. The van der Waals surface area contributed by atoms with Crippen LogP contribution in [-0.2, 0) is 20.9 Å². The molecule has 10 heteroatoms. The summed E-state index contributed by atoms with van der Waals surface area (Å²) in [4.78, 5) is 48.1. The largest absolute Gasteiger partial charge is 0.454 e. The molecule has 3 aromatic rings. The zero-order valence-electron chi connectivity index (χ0n) is 14.8. The minimum atomic E-state index is -0.817. The van der Waals surface area contributed by atoms with E-state index in [1.54, 1.807) is 6.07 Å². The van der Waals surface area contributed by atoms with Gasteiger partial charge in [-0.3, -0.25) is 29.3 Å². The van der Waals surface area contributed by atoms with Crippen LogP contribution in [0.4, 0.5) is 5.88 Å². The first kappa shape index (κ1) is 18.8. The quantitative estimate of drug-likeness (QED) is 0.596. The molecule has 28 heavy (non-hydrogen) atoms. The number of amides is 1. The molecule has 2 N–H and O–H groups in total. The van der Waals surface area contributed by atoms with Gasteiger partial charge in [0.25, 0.3) is 11.5 Å². The maximum Gasteiger partial charge on any atom is 0.328 e. The highest BCUT2D eigenvalue weighted by Crippen LogP contribution is 2.21. The smallest absolute Gasteiger partial charge is 0.328 e. The minimum Gasteiger partial charge on any atom is -0.454 e. The fourth-order valence-corrected chi connectivity index (χ4v) is 2.27. The van der Waals surface area contributed by atoms with E-state index >= 15 is 0 Å². The second-order valence-electron chi connectivity index (χ2n) is 5.89. The summed E-state index contributed by atoms with van der Waals surface area (Å²) in [7, 11) is 0. The summed E-state index contributed by atoms with van der Waals surface area (Å²) in [6.07, 6.45) is 1.16. The van der Waals surface area contributed by atoms with Crippen molar-refractivity contribution in [2.75, 3.05) is 11.9 Å². The summed E-state index contributed by atoms with van der Waals surface area (Å²) in [5.41, 5.74) is 1.15. The number of H-pyrrole nitrogens is 1. The number of rotatable bonds is 6. The van der Waals surface area contributed by atoms with Crippen molar-refractivity contribution in [1.82, 2.24) is 14.7 Å². The summed E-state index contributed by atoms with van der Waals surface area (Å²) in [5, 5.41) is 6.29. The lowest BCUT2D eigenvalue weighted by Crippen LogP contribution is -2.32. The molecule has 3 rings (SSSR count). The van der Waals surface area contributed by atoms with Crippen LogP contribution in [0.25, 0.3) is 11.3 Å². The summed E-state index contributed by atoms with van der Waals surface area (Å²) in [6.45, 7) is 0.952. The number of esters is 1. The maximum atomic E-state index is 11.9. The Balaban J connectivity index is 1.51. The van der Waals surface area contributed by atoms with Crippen LogP contribution in [0.2, 0.25) is 0 Å². The molecule has 0 unspecified atom stereocenters. The molecule has 0 aliphatic heterocycles. The number of hydrogen-bond acceptors (Lipinski definition) is 7. The van der Waals surface area contributed by atoms with Gasteiger partial charge in [0.1, 0.15) is 12.2 Å². The lowest BCUT2D eigenvalue weighted by molar-refractivity contribution is -0.148. The lowest BCUT2D eigenvalue weighted by atomic mass is 10.1. The molecule has 1 aromatic carbocycles. The van der Waals surface area contributed by atoms with Crippen molar-refractivity contribution in [3.8, 4) is 11.3 Å². The zero-order valence-corrected chi connectivity index (χ0v) is 14.8. The molecule has 144 valence electrons. The molecule has 1 amide bonds. The van der Waals surface area contributed by atoms with Crippen molar-refractivity contribution in [2.24, 2.45) is 0 Å². The Bertz CT molecular complexity index is 1110. The zero-order chi connectivity index (χ0) is 20.1. The molecule has 0 bridgehead atoms. The van der Waals surface area contributed by atoms with Crippen molar-refractivity contribution in [1.29, 1.82) is 0 Å². The highest BCUT2D eigenvalue weighted by atomic mass is 16.5. The Labute approximate surface area is 157 Å². The van der Waals surface area contributed by atoms with Gasteiger partial charge in [0.2, 0.25) is 5.88 Å². The van der Waals surface area contributed by atoms with Crippen LogP contribution in [0, 0.1) is 6.92 Å².